The molecule has 0 radical (unpaired) electrons. The summed E-state index contributed by atoms with van der Waals surface area (Å²) in [5.74, 6) is 0. The van der Waals surface area contributed by atoms with Gasteiger partial charge in [-0.25, -0.2) is 0 Å². The number of rotatable bonds is 3. The fourth-order valence-electron chi connectivity index (χ4n) is 4.77. The van der Waals surface area contributed by atoms with Crippen molar-refractivity contribution in [2.24, 2.45) is 0 Å². The van der Waals surface area contributed by atoms with Crippen LogP contribution in [0.5, 0.6) is 0 Å². The van der Waals surface area contributed by atoms with E-state index in [-0.39, 0.29) is 17.0 Å². The van der Waals surface area contributed by atoms with E-state index in [1.165, 1.54) is 28.7 Å². The molecule has 0 amide bonds. The Morgan fingerprint density at radius 3 is 2.60 bits per heavy atom. The van der Waals surface area contributed by atoms with Gasteiger partial charge in [0.05, 0.1) is 6.04 Å². The van der Waals surface area contributed by atoms with Crippen LogP contribution in [-0.4, -0.2) is 5.54 Å². The van der Waals surface area contributed by atoms with E-state index in [4.69, 9.17) is 0 Å². The molecule has 1 heterocycles. The van der Waals surface area contributed by atoms with E-state index in [1.807, 2.05) is 6.07 Å². The number of allylic oxidation sites excluding steroid dienone is 2. The maximum Gasteiger partial charge on any atom is 0.0517 e. The first kappa shape index (κ1) is 16.4. The average Bonchev–Trinajstić information content (AvgIpc) is 3.14. The largest absolute Gasteiger partial charge is 0.300 e. The fraction of sp³-hybridized carbons (Fsp3) is 0.333. The summed E-state index contributed by atoms with van der Waals surface area (Å²) in [5.41, 5.74) is 8.46. The van der Waals surface area contributed by atoms with Gasteiger partial charge in [-0.05, 0) is 55.0 Å². The Hall–Kier alpha value is -2.12. The summed E-state index contributed by atoms with van der Waals surface area (Å²) in [4.78, 5) is 0. The van der Waals surface area contributed by atoms with Crippen LogP contribution >= 0.6 is 0 Å². The maximum absolute atomic E-state index is 4.25. The fourth-order valence-corrected chi connectivity index (χ4v) is 4.77. The predicted molar refractivity (Wildman–Crippen MR) is 107 cm³/mol. The summed E-state index contributed by atoms with van der Waals surface area (Å²) in [6, 6.07) is 15.3. The quantitative estimate of drug-likeness (QED) is 0.719. The van der Waals surface area contributed by atoms with Crippen LogP contribution in [0.25, 0.3) is 5.57 Å². The first-order valence-electron chi connectivity index (χ1n) is 9.16. The van der Waals surface area contributed by atoms with Crippen LogP contribution in [0.1, 0.15) is 54.1 Å². The summed E-state index contributed by atoms with van der Waals surface area (Å²) in [5, 5.41) is 3.90. The molecule has 1 N–H and O–H groups in total. The van der Waals surface area contributed by atoms with Crippen LogP contribution in [0, 0.1) is 13.8 Å². The molecule has 0 bridgehead atoms. The number of hydrogen-bond donors (Lipinski definition) is 1. The van der Waals surface area contributed by atoms with Gasteiger partial charge in [0.1, 0.15) is 0 Å². The van der Waals surface area contributed by atoms with Crippen molar-refractivity contribution in [1.29, 1.82) is 0 Å². The summed E-state index contributed by atoms with van der Waals surface area (Å²) in [7, 11) is 0. The van der Waals surface area contributed by atoms with Crippen molar-refractivity contribution in [3.8, 4) is 0 Å². The zero-order chi connectivity index (χ0) is 17.8. The average molecular weight is 329 g/mol. The first-order chi connectivity index (χ1) is 11.8. The van der Waals surface area contributed by atoms with Gasteiger partial charge in [0, 0.05) is 11.0 Å². The van der Waals surface area contributed by atoms with Gasteiger partial charge in [0.15, 0.2) is 0 Å². The number of hydrogen-bond acceptors (Lipinski definition) is 1. The molecule has 2 aromatic rings. The third kappa shape index (κ3) is 2.49. The van der Waals surface area contributed by atoms with Crippen LogP contribution in [0.4, 0.5) is 0 Å². The van der Waals surface area contributed by atoms with Crippen molar-refractivity contribution in [2.75, 3.05) is 0 Å². The third-order valence-corrected chi connectivity index (χ3v) is 6.31. The van der Waals surface area contributed by atoms with Gasteiger partial charge in [-0.2, -0.15) is 0 Å². The molecule has 0 saturated heterocycles. The monoisotopic (exact) mass is 329 g/mol. The molecular formula is C24H27N. The topological polar surface area (TPSA) is 12.0 Å². The van der Waals surface area contributed by atoms with Gasteiger partial charge in [0.2, 0.25) is 0 Å². The lowest BCUT2D eigenvalue weighted by Gasteiger charge is -2.36. The second-order valence-corrected chi connectivity index (χ2v) is 8.26. The molecule has 3 atom stereocenters. The molecule has 1 heteroatoms. The van der Waals surface area contributed by atoms with Crippen LogP contribution in [0.15, 0.2) is 61.2 Å². The van der Waals surface area contributed by atoms with Gasteiger partial charge >= 0.3 is 0 Å². The highest BCUT2D eigenvalue weighted by molar-refractivity contribution is 5.72. The van der Waals surface area contributed by atoms with E-state index < -0.39 is 0 Å². The van der Waals surface area contributed by atoms with Crippen LogP contribution < -0.4 is 5.32 Å². The Bertz CT molecular complexity index is 876. The minimum atomic E-state index is 0.198. The lowest BCUT2D eigenvalue weighted by molar-refractivity contribution is 0.410. The number of benzene rings is 2. The van der Waals surface area contributed by atoms with E-state index in [1.54, 1.807) is 5.56 Å². The molecule has 0 spiro atoms. The van der Waals surface area contributed by atoms with Crippen molar-refractivity contribution in [3.63, 3.8) is 0 Å². The molecule has 4 rings (SSSR count). The second kappa shape index (κ2) is 5.44. The summed E-state index contributed by atoms with van der Waals surface area (Å²) < 4.78 is 0. The Kier molecular flexibility index (Phi) is 3.56. The van der Waals surface area contributed by atoms with E-state index in [0.717, 1.165) is 5.57 Å². The van der Waals surface area contributed by atoms with E-state index >= 15 is 0 Å². The van der Waals surface area contributed by atoms with Gasteiger partial charge in [-0.3, -0.25) is 0 Å². The molecule has 128 valence electrons. The molecule has 1 fully saturated rings. The Morgan fingerprint density at radius 1 is 1.16 bits per heavy atom. The molecule has 2 aliphatic rings. The zero-order valence-electron chi connectivity index (χ0n) is 15.7. The first-order valence-corrected chi connectivity index (χ1v) is 9.16. The van der Waals surface area contributed by atoms with E-state index in [0.29, 0.717) is 0 Å². The van der Waals surface area contributed by atoms with Crippen LogP contribution in [-0.2, 0) is 5.41 Å². The van der Waals surface area contributed by atoms with Crippen molar-refractivity contribution in [1.82, 2.24) is 5.32 Å². The van der Waals surface area contributed by atoms with Gasteiger partial charge in [-0.1, -0.05) is 73.7 Å². The Balaban J connectivity index is 1.71. The summed E-state index contributed by atoms with van der Waals surface area (Å²) in [6.07, 6.45) is 5.67. The van der Waals surface area contributed by atoms with Crippen molar-refractivity contribution >= 4 is 5.57 Å². The lowest BCUT2D eigenvalue weighted by Crippen LogP contribution is -2.42. The third-order valence-electron chi connectivity index (χ3n) is 6.31. The number of fused-ring (bicyclic) bond motifs is 3. The molecule has 1 aliphatic carbocycles. The molecule has 2 aromatic carbocycles. The number of nitrogens with one attached hydrogen (secondary N) is 1. The minimum Gasteiger partial charge on any atom is -0.300 e. The summed E-state index contributed by atoms with van der Waals surface area (Å²) >= 11 is 0. The normalized spacial score (nSPS) is 30.0. The van der Waals surface area contributed by atoms with Crippen molar-refractivity contribution in [3.05, 3.63) is 89.0 Å². The summed E-state index contributed by atoms with van der Waals surface area (Å²) in [6.45, 7) is 13.5. The van der Waals surface area contributed by atoms with E-state index in [2.05, 4.69) is 88.1 Å². The Morgan fingerprint density at radius 2 is 1.88 bits per heavy atom. The second-order valence-electron chi connectivity index (χ2n) is 8.26. The number of aryl methyl sites for hydroxylation is 2. The zero-order valence-corrected chi connectivity index (χ0v) is 15.7. The van der Waals surface area contributed by atoms with Crippen LogP contribution in [0.3, 0.4) is 0 Å². The van der Waals surface area contributed by atoms with Gasteiger partial charge < -0.3 is 5.32 Å². The highest BCUT2D eigenvalue weighted by Gasteiger charge is 2.65. The highest BCUT2D eigenvalue weighted by atomic mass is 15.1. The molecule has 0 aromatic heterocycles. The lowest BCUT2D eigenvalue weighted by atomic mass is 9.79. The molecular weight excluding hydrogens is 302 g/mol. The molecule has 1 saturated carbocycles. The molecule has 3 unspecified atom stereocenters. The smallest absolute Gasteiger partial charge is 0.0517 e. The standard InChI is InChI=1S/C24H27N/c1-16-13-18(3)22-20(14-16)21(25-24(5)15-23(22,24)4)12-11-17(2)19-9-7-6-8-10-19/h6-14,21,25H,2,15H2,1,3-5H3/b12-11-. The van der Waals surface area contributed by atoms with Gasteiger partial charge in [0.25, 0.3) is 0 Å². The highest BCUT2D eigenvalue weighted by Crippen LogP contribution is 2.62. The SMILES string of the molecule is C=C(/C=C\C1NC2(C)CC2(C)c2c(C)cc(C)cc21)c1ccccc1. The molecule has 1 aliphatic heterocycles. The molecule has 1 nitrogen and oxygen atoms in total. The Labute approximate surface area is 151 Å². The maximum atomic E-state index is 4.25. The molecule has 25 heavy (non-hydrogen) atoms. The van der Waals surface area contributed by atoms with Crippen molar-refractivity contribution in [2.45, 2.75) is 51.1 Å². The predicted octanol–water partition coefficient (Wildman–Crippen LogP) is 5.64. The van der Waals surface area contributed by atoms with Gasteiger partial charge in [-0.15, -0.1) is 0 Å². The van der Waals surface area contributed by atoms with Crippen molar-refractivity contribution < 1.29 is 0 Å². The van der Waals surface area contributed by atoms with E-state index in [9.17, 15) is 0 Å². The minimum absolute atomic E-state index is 0.198. The van der Waals surface area contributed by atoms with Crippen LogP contribution in [0.2, 0.25) is 0 Å².